The topological polar surface area (TPSA) is 52.0 Å². The summed E-state index contributed by atoms with van der Waals surface area (Å²) in [7, 11) is 0. The standard InChI is InChI=1S/C17H32N2/c1-2-11-7-8-12-9-10-14(17(19)15(11)12)16(18)13-5-3-4-6-13/h11-17H,2-10,18-19H2,1H3/t11?,12?,14?,15?,16?,17-/m0/s1. The van der Waals surface area contributed by atoms with E-state index in [0.29, 0.717) is 18.0 Å². The fourth-order valence-corrected chi connectivity index (χ4v) is 5.66. The van der Waals surface area contributed by atoms with Crippen LogP contribution in [0, 0.1) is 29.6 Å². The van der Waals surface area contributed by atoms with Crippen LogP contribution in [0.4, 0.5) is 0 Å². The summed E-state index contributed by atoms with van der Waals surface area (Å²) in [5.74, 6) is 3.98. The zero-order valence-corrected chi connectivity index (χ0v) is 12.6. The average Bonchev–Trinajstić information content (AvgIpc) is 3.08. The van der Waals surface area contributed by atoms with Gasteiger partial charge in [0.2, 0.25) is 0 Å². The molecule has 3 aliphatic rings. The van der Waals surface area contributed by atoms with E-state index in [1.807, 2.05) is 0 Å². The van der Waals surface area contributed by atoms with Gasteiger partial charge < -0.3 is 11.5 Å². The van der Waals surface area contributed by atoms with Crippen LogP contribution < -0.4 is 11.5 Å². The van der Waals surface area contributed by atoms with E-state index in [0.717, 1.165) is 23.7 Å². The fraction of sp³-hybridized carbons (Fsp3) is 1.00. The molecule has 0 aromatic rings. The minimum atomic E-state index is 0.386. The van der Waals surface area contributed by atoms with Gasteiger partial charge in [0, 0.05) is 12.1 Å². The Hall–Kier alpha value is -0.0800. The van der Waals surface area contributed by atoms with E-state index < -0.39 is 0 Å². The van der Waals surface area contributed by atoms with E-state index in [2.05, 4.69) is 6.92 Å². The Morgan fingerprint density at radius 2 is 1.68 bits per heavy atom. The van der Waals surface area contributed by atoms with Crippen LogP contribution in [0.2, 0.25) is 0 Å². The van der Waals surface area contributed by atoms with Gasteiger partial charge in [-0.3, -0.25) is 0 Å². The van der Waals surface area contributed by atoms with Gasteiger partial charge in [0.25, 0.3) is 0 Å². The van der Waals surface area contributed by atoms with Crippen molar-refractivity contribution in [1.29, 1.82) is 0 Å². The Balaban J connectivity index is 1.69. The molecule has 3 rings (SSSR count). The molecule has 0 saturated heterocycles. The molecular formula is C17H32N2. The molecule has 0 bridgehead atoms. The Labute approximate surface area is 118 Å². The molecule has 0 spiro atoms. The van der Waals surface area contributed by atoms with E-state index in [-0.39, 0.29) is 0 Å². The predicted octanol–water partition coefficient (Wildman–Crippen LogP) is 3.29. The third-order valence-corrected chi connectivity index (χ3v) is 6.77. The summed E-state index contributed by atoms with van der Waals surface area (Å²) in [6, 6.07) is 0.776. The summed E-state index contributed by atoms with van der Waals surface area (Å²) < 4.78 is 0. The number of nitrogens with two attached hydrogens (primary N) is 2. The highest BCUT2D eigenvalue weighted by Crippen LogP contribution is 2.49. The molecule has 0 heterocycles. The Morgan fingerprint density at radius 1 is 1.00 bits per heavy atom. The normalized spacial score (nSPS) is 45.3. The number of hydrogen-bond acceptors (Lipinski definition) is 2. The van der Waals surface area contributed by atoms with Crippen molar-refractivity contribution in [2.24, 2.45) is 41.1 Å². The highest BCUT2D eigenvalue weighted by Gasteiger charge is 2.47. The van der Waals surface area contributed by atoms with Gasteiger partial charge >= 0.3 is 0 Å². The molecule has 3 aliphatic carbocycles. The molecule has 19 heavy (non-hydrogen) atoms. The molecule has 0 aromatic carbocycles. The first-order chi connectivity index (χ1) is 9.22. The van der Waals surface area contributed by atoms with Crippen LogP contribution in [0.15, 0.2) is 0 Å². The third-order valence-electron chi connectivity index (χ3n) is 6.77. The zero-order chi connectivity index (χ0) is 13.4. The first-order valence-electron chi connectivity index (χ1n) is 8.73. The molecule has 4 N–H and O–H groups in total. The second-order valence-electron chi connectivity index (χ2n) is 7.52. The van der Waals surface area contributed by atoms with Crippen LogP contribution in [0.5, 0.6) is 0 Å². The maximum Gasteiger partial charge on any atom is 0.0116 e. The molecule has 0 amide bonds. The lowest BCUT2D eigenvalue weighted by Gasteiger charge is -2.44. The van der Waals surface area contributed by atoms with E-state index in [1.54, 1.807) is 0 Å². The molecular weight excluding hydrogens is 232 g/mol. The van der Waals surface area contributed by atoms with Crippen LogP contribution in [-0.2, 0) is 0 Å². The Morgan fingerprint density at radius 3 is 2.37 bits per heavy atom. The SMILES string of the molecule is CCC1CCC2CCC(C(N)C3CCCC3)[C@H](N)C12. The van der Waals surface area contributed by atoms with E-state index in [4.69, 9.17) is 11.5 Å². The Kier molecular flexibility index (Phi) is 4.19. The quantitative estimate of drug-likeness (QED) is 0.822. The zero-order valence-electron chi connectivity index (χ0n) is 12.6. The van der Waals surface area contributed by atoms with Gasteiger partial charge in [-0.15, -0.1) is 0 Å². The van der Waals surface area contributed by atoms with Crippen molar-refractivity contribution in [2.75, 3.05) is 0 Å². The van der Waals surface area contributed by atoms with Gasteiger partial charge in [0.05, 0.1) is 0 Å². The first-order valence-corrected chi connectivity index (χ1v) is 8.73. The van der Waals surface area contributed by atoms with E-state index >= 15 is 0 Å². The highest BCUT2D eigenvalue weighted by molar-refractivity contribution is 5.01. The molecule has 2 nitrogen and oxygen atoms in total. The lowest BCUT2D eigenvalue weighted by atomic mass is 9.65. The lowest BCUT2D eigenvalue weighted by molar-refractivity contribution is 0.104. The summed E-state index contributed by atoms with van der Waals surface area (Å²) in [6.45, 7) is 2.35. The number of rotatable bonds is 3. The van der Waals surface area contributed by atoms with Gasteiger partial charge in [-0.1, -0.05) is 26.2 Å². The van der Waals surface area contributed by atoms with Crippen LogP contribution in [0.3, 0.4) is 0 Å². The van der Waals surface area contributed by atoms with Crippen molar-refractivity contribution in [2.45, 2.75) is 76.8 Å². The lowest BCUT2D eigenvalue weighted by Crippen LogP contribution is -2.53. The molecule has 3 fully saturated rings. The maximum absolute atomic E-state index is 6.72. The summed E-state index contributed by atoms with van der Waals surface area (Å²) in [5.41, 5.74) is 13.4. The summed E-state index contributed by atoms with van der Waals surface area (Å²) in [6.07, 6.45) is 12.4. The summed E-state index contributed by atoms with van der Waals surface area (Å²) in [5, 5.41) is 0. The van der Waals surface area contributed by atoms with Crippen molar-refractivity contribution in [3.8, 4) is 0 Å². The van der Waals surface area contributed by atoms with Crippen molar-refractivity contribution in [3.05, 3.63) is 0 Å². The third kappa shape index (κ3) is 2.47. The van der Waals surface area contributed by atoms with Crippen LogP contribution in [0.25, 0.3) is 0 Å². The van der Waals surface area contributed by atoms with Crippen molar-refractivity contribution in [1.82, 2.24) is 0 Å². The molecule has 110 valence electrons. The minimum Gasteiger partial charge on any atom is -0.327 e. The Bertz CT molecular complexity index is 292. The maximum atomic E-state index is 6.72. The average molecular weight is 264 g/mol. The molecule has 3 saturated carbocycles. The van der Waals surface area contributed by atoms with Crippen LogP contribution >= 0.6 is 0 Å². The molecule has 2 heteroatoms. The molecule has 6 atom stereocenters. The monoisotopic (exact) mass is 264 g/mol. The van der Waals surface area contributed by atoms with Gasteiger partial charge in [0.1, 0.15) is 0 Å². The van der Waals surface area contributed by atoms with Gasteiger partial charge in [0.15, 0.2) is 0 Å². The largest absolute Gasteiger partial charge is 0.327 e. The van der Waals surface area contributed by atoms with Gasteiger partial charge in [-0.2, -0.15) is 0 Å². The highest BCUT2D eigenvalue weighted by atomic mass is 14.8. The van der Waals surface area contributed by atoms with Crippen LogP contribution in [0.1, 0.15) is 64.7 Å². The van der Waals surface area contributed by atoms with Crippen molar-refractivity contribution < 1.29 is 0 Å². The number of hydrogen-bond donors (Lipinski definition) is 2. The first kappa shape index (κ1) is 13.9. The van der Waals surface area contributed by atoms with Crippen LogP contribution in [-0.4, -0.2) is 12.1 Å². The second-order valence-corrected chi connectivity index (χ2v) is 7.52. The molecule has 0 radical (unpaired) electrons. The predicted molar refractivity (Wildman–Crippen MR) is 80.6 cm³/mol. The summed E-state index contributed by atoms with van der Waals surface area (Å²) in [4.78, 5) is 0. The van der Waals surface area contributed by atoms with Crippen molar-refractivity contribution >= 4 is 0 Å². The van der Waals surface area contributed by atoms with Gasteiger partial charge in [-0.25, -0.2) is 0 Å². The molecule has 0 aromatic heterocycles. The van der Waals surface area contributed by atoms with E-state index in [9.17, 15) is 0 Å². The van der Waals surface area contributed by atoms with E-state index in [1.165, 1.54) is 57.8 Å². The second kappa shape index (κ2) is 5.73. The summed E-state index contributed by atoms with van der Waals surface area (Å²) >= 11 is 0. The van der Waals surface area contributed by atoms with Gasteiger partial charge in [-0.05, 0) is 68.1 Å². The minimum absolute atomic E-state index is 0.386. The number of fused-ring (bicyclic) bond motifs is 1. The molecule has 5 unspecified atom stereocenters. The van der Waals surface area contributed by atoms with Crippen molar-refractivity contribution in [3.63, 3.8) is 0 Å². The fourth-order valence-electron chi connectivity index (χ4n) is 5.66. The molecule has 0 aliphatic heterocycles. The smallest absolute Gasteiger partial charge is 0.0116 e.